The summed E-state index contributed by atoms with van der Waals surface area (Å²) < 4.78 is 11.7. The first-order chi connectivity index (χ1) is 11.6. The topological polar surface area (TPSA) is 47.6 Å². The lowest BCUT2D eigenvalue weighted by atomic mass is 9.98. The van der Waals surface area contributed by atoms with E-state index >= 15 is 0 Å². The van der Waals surface area contributed by atoms with Gasteiger partial charge in [-0.3, -0.25) is 4.79 Å². The van der Waals surface area contributed by atoms with Crippen molar-refractivity contribution < 1.29 is 14.3 Å². The summed E-state index contributed by atoms with van der Waals surface area (Å²) in [5, 5.41) is 3.60. The molecule has 3 rings (SSSR count). The number of carbonyl (C=O) groups excluding carboxylic acids is 1. The van der Waals surface area contributed by atoms with Gasteiger partial charge in [0.1, 0.15) is 17.2 Å². The first-order valence-electron chi connectivity index (χ1n) is 7.70. The zero-order valence-electron chi connectivity index (χ0n) is 13.3. The van der Waals surface area contributed by atoms with E-state index in [1.807, 2.05) is 31.2 Å². The lowest BCUT2D eigenvalue weighted by Crippen LogP contribution is -2.31. The summed E-state index contributed by atoms with van der Waals surface area (Å²) in [6.07, 6.45) is 2.00. The van der Waals surface area contributed by atoms with Crippen LogP contribution in [0.15, 0.2) is 49.1 Å². The van der Waals surface area contributed by atoms with Gasteiger partial charge in [-0.2, -0.15) is 0 Å². The number of hydrogen-bond donors (Lipinski definition) is 1. The number of carbonyl (C=O) groups is 1. The molecule has 4 nitrogen and oxygen atoms in total. The molecule has 1 atom stereocenters. The molecule has 0 radical (unpaired) electrons. The maximum Gasteiger partial charge on any atom is 0.243 e. The number of rotatable bonds is 4. The highest BCUT2D eigenvalue weighted by Gasteiger charge is 2.24. The van der Waals surface area contributed by atoms with Crippen LogP contribution < -0.4 is 14.8 Å². The van der Waals surface area contributed by atoms with Crippen molar-refractivity contribution in [2.24, 2.45) is 0 Å². The zero-order valence-corrected chi connectivity index (χ0v) is 14.1. The number of aryl methyl sites for hydroxylation is 1. The van der Waals surface area contributed by atoms with E-state index in [-0.39, 0.29) is 11.9 Å². The SMILES string of the molecule is C=CC(=O)NC1CCOc2cc(Oc3ccc(Cl)cc3)c(C)cc21. The van der Waals surface area contributed by atoms with E-state index in [4.69, 9.17) is 21.1 Å². The summed E-state index contributed by atoms with van der Waals surface area (Å²) in [7, 11) is 0. The Balaban J connectivity index is 1.87. The van der Waals surface area contributed by atoms with Gasteiger partial charge in [0.25, 0.3) is 0 Å². The second-order valence-corrected chi connectivity index (χ2v) is 6.05. The molecule has 1 heterocycles. The molecule has 0 spiro atoms. The predicted molar refractivity (Wildman–Crippen MR) is 93.9 cm³/mol. The zero-order chi connectivity index (χ0) is 17.1. The second-order valence-electron chi connectivity index (χ2n) is 5.61. The van der Waals surface area contributed by atoms with Crippen LogP contribution in [0, 0.1) is 6.92 Å². The fraction of sp³-hybridized carbons (Fsp3) is 0.211. The summed E-state index contributed by atoms with van der Waals surface area (Å²) >= 11 is 5.89. The maximum atomic E-state index is 11.6. The van der Waals surface area contributed by atoms with Gasteiger partial charge < -0.3 is 14.8 Å². The summed E-state index contributed by atoms with van der Waals surface area (Å²) in [5.74, 6) is 1.96. The van der Waals surface area contributed by atoms with Crippen molar-refractivity contribution in [2.45, 2.75) is 19.4 Å². The van der Waals surface area contributed by atoms with E-state index in [9.17, 15) is 4.79 Å². The highest BCUT2D eigenvalue weighted by atomic mass is 35.5. The van der Waals surface area contributed by atoms with Crippen molar-refractivity contribution in [3.05, 3.63) is 65.2 Å². The Bertz CT molecular complexity index is 771. The Kier molecular flexibility index (Phi) is 4.76. The Labute approximate surface area is 146 Å². The van der Waals surface area contributed by atoms with Crippen molar-refractivity contribution in [3.63, 3.8) is 0 Å². The van der Waals surface area contributed by atoms with Crippen molar-refractivity contribution in [3.8, 4) is 17.2 Å². The van der Waals surface area contributed by atoms with Gasteiger partial charge in [-0.05, 0) is 48.9 Å². The van der Waals surface area contributed by atoms with Crippen molar-refractivity contribution in [1.29, 1.82) is 0 Å². The highest BCUT2D eigenvalue weighted by molar-refractivity contribution is 6.30. The molecule has 0 saturated heterocycles. The molecule has 5 heteroatoms. The second kappa shape index (κ2) is 6.97. The molecule has 1 unspecified atom stereocenters. The molecule has 24 heavy (non-hydrogen) atoms. The van der Waals surface area contributed by atoms with Crippen molar-refractivity contribution >= 4 is 17.5 Å². The molecule has 0 fully saturated rings. The van der Waals surface area contributed by atoms with E-state index in [1.54, 1.807) is 12.1 Å². The molecule has 0 saturated carbocycles. The van der Waals surface area contributed by atoms with Crippen LogP contribution in [-0.4, -0.2) is 12.5 Å². The molecule has 0 aliphatic carbocycles. The Morgan fingerprint density at radius 3 is 2.83 bits per heavy atom. The smallest absolute Gasteiger partial charge is 0.243 e. The van der Waals surface area contributed by atoms with Crippen molar-refractivity contribution in [1.82, 2.24) is 5.32 Å². The Morgan fingerprint density at radius 1 is 1.38 bits per heavy atom. The third-order valence-electron chi connectivity index (χ3n) is 3.89. The first-order valence-corrected chi connectivity index (χ1v) is 8.08. The summed E-state index contributed by atoms with van der Waals surface area (Å²) in [6, 6.07) is 11.0. The van der Waals surface area contributed by atoms with Gasteiger partial charge in [0, 0.05) is 23.1 Å². The largest absolute Gasteiger partial charge is 0.493 e. The van der Waals surface area contributed by atoms with Gasteiger partial charge in [0.05, 0.1) is 12.6 Å². The molecule has 1 aliphatic rings. The van der Waals surface area contributed by atoms with Gasteiger partial charge in [-0.25, -0.2) is 0 Å². The van der Waals surface area contributed by atoms with E-state index < -0.39 is 0 Å². The molecule has 124 valence electrons. The van der Waals surface area contributed by atoms with Crippen LogP contribution in [-0.2, 0) is 4.79 Å². The van der Waals surface area contributed by atoms with Crippen LogP contribution >= 0.6 is 11.6 Å². The van der Waals surface area contributed by atoms with Crippen LogP contribution in [0.25, 0.3) is 0 Å². The quantitative estimate of drug-likeness (QED) is 0.827. The van der Waals surface area contributed by atoms with E-state index in [2.05, 4.69) is 11.9 Å². The van der Waals surface area contributed by atoms with Gasteiger partial charge >= 0.3 is 0 Å². The van der Waals surface area contributed by atoms with Crippen LogP contribution in [0.5, 0.6) is 17.2 Å². The average Bonchev–Trinajstić information content (AvgIpc) is 2.58. The summed E-state index contributed by atoms with van der Waals surface area (Å²) in [6.45, 7) is 6.00. The number of amides is 1. The van der Waals surface area contributed by atoms with Gasteiger partial charge in [0.2, 0.25) is 5.91 Å². The molecule has 1 N–H and O–H groups in total. The van der Waals surface area contributed by atoms with Crippen LogP contribution in [0.2, 0.25) is 5.02 Å². The molecule has 1 amide bonds. The van der Waals surface area contributed by atoms with Crippen molar-refractivity contribution in [2.75, 3.05) is 6.61 Å². The fourth-order valence-electron chi connectivity index (χ4n) is 2.65. The molecule has 0 bridgehead atoms. The molecule has 2 aromatic rings. The molecule has 0 aromatic heterocycles. The lowest BCUT2D eigenvalue weighted by molar-refractivity contribution is -0.117. The number of hydrogen-bond acceptors (Lipinski definition) is 3. The first kappa shape index (κ1) is 16.4. The predicted octanol–water partition coefficient (Wildman–Crippen LogP) is 4.57. The number of ether oxygens (including phenoxy) is 2. The molecular formula is C19H18ClNO3. The number of fused-ring (bicyclic) bond motifs is 1. The number of benzene rings is 2. The Hall–Kier alpha value is -2.46. The van der Waals surface area contributed by atoms with Gasteiger partial charge in [-0.15, -0.1) is 0 Å². The lowest BCUT2D eigenvalue weighted by Gasteiger charge is -2.27. The maximum absolute atomic E-state index is 11.6. The normalized spacial score (nSPS) is 15.8. The van der Waals surface area contributed by atoms with E-state index in [0.717, 1.165) is 23.3 Å². The molecular weight excluding hydrogens is 326 g/mol. The third-order valence-corrected chi connectivity index (χ3v) is 4.14. The minimum atomic E-state index is -0.188. The number of nitrogens with one attached hydrogen (secondary N) is 1. The average molecular weight is 344 g/mol. The monoisotopic (exact) mass is 343 g/mol. The highest BCUT2D eigenvalue weighted by Crippen LogP contribution is 2.38. The minimum absolute atomic E-state index is 0.0810. The van der Waals surface area contributed by atoms with E-state index in [0.29, 0.717) is 23.1 Å². The van der Waals surface area contributed by atoms with Crippen LogP contribution in [0.3, 0.4) is 0 Å². The number of halogens is 1. The third kappa shape index (κ3) is 3.54. The van der Waals surface area contributed by atoms with Gasteiger partial charge in [-0.1, -0.05) is 18.2 Å². The van der Waals surface area contributed by atoms with E-state index in [1.165, 1.54) is 6.08 Å². The minimum Gasteiger partial charge on any atom is -0.493 e. The summed E-state index contributed by atoms with van der Waals surface area (Å²) in [4.78, 5) is 11.6. The molecule has 2 aromatic carbocycles. The standard InChI is InChI=1S/C19H18ClNO3/c1-3-19(22)21-16-8-9-23-18-11-17(12(2)10-15(16)18)24-14-6-4-13(20)5-7-14/h3-7,10-11,16H,1,8-9H2,2H3,(H,21,22). The Morgan fingerprint density at radius 2 is 2.12 bits per heavy atom. The van der Waals surface area contributed by atoms with Gasteiger partial charge in [0.15, 0.2) is 0 Å². The fourth-order valence-corrected chi connectivity index (χ4v) is 2.78. The molecule has 1 aliphatic heterocycles. The summed E-state index contributed by atoms with van der Waals surface area (Å²) in [5.41, 5.74) is 1.92. The van der Waals surface area contributed by atoms with Crippen LogP contribution in [0.4, 0.5) is 0 Å². The van der Waals surface area contributed by atoms with Crippen LogP contribution in [0.1, 0.15) is 23.6 Å².